The summed E-state index contributed by atoms with van der Waals surface area (Å²) in [6.45, 7) is 8.87. The van der Waals surface area contributed by atoms with E-state index in [1.165, 1.54) is 6.42 Å². The summed E-state index contributed by atoms with van der Waals surface area (Å²) in [5.74, 6) is 0.343. The molecule has 2 aliphatic rings. The summed E-state index contributed by atoms with van der Waals surface area (Å²) in [6.07, 6.45) is 5.21. The Morgan fingerprint density at radius 3 is 2.46 bits per heavy atom. The molecule has 5 heteroatoms. The van der Waals surface area contributed by atoms with E-state index in [4.69, 9.17) is 10.5 Å². The van der Waals surface area contributed by atoms with Crippen LogP contribution < -0.4 is 5.73 Å². The minimum atomic E-state index is -0.486. The minimum absolute atomic E-state index is 0.157. The third kappa shape index (κ3) is 2.74. The van der Waals surface area contributed by atoms with Gasteiger partial charge in [-0.15, -0.1) is 0 Å². The molecule has 1 aliphatic carbocycles. The van der Waals surface area contributed by atoms with E-state index in [9.17, 15) is 4.79 Å². The van der Waals surface area contributed by atoms with Gasteiger partial charge in [-0.2, -0.15) is 0 Å². The van der Waals surface area contributed by atoms with Crippen LogP contribution in [0.15, 0.2) is 18.3 Å². The van der Waals surface area contributed by atoms with Crippen molar-refractivity contribution in [3.63, 3.8) is 0 Å². The van der Waals surface area contributed by atoms with Gasteiger partial charge in [0.05, 0.1) is 0 Å². The first-order chi connectivity index (χ1) is 11.3. The molecule has 2 unspecified atom stereocenters. The number of nitrogens with zero attached hydrogens (tertiary/aromatic N) is 2. The van der Waals surface area contributed by atoms with E-state index >= 15 is 0 Å². The summed E-state index contributed by atoms with van der Waals surface area (Å²) in [5.41, 5.74) is 6.63. The van der Waals surface area contributed by atoms with E-state index in [2.05, 4.69) is 30.7 Å². The molecule has 1 saturated carbocycles. The van der Waals surface area contributed by atoms with Gasteiger partial charge in [-0.1, -0.05) is 6.42 Å². The molecular weight excluding hydrogens is 302 g/mol. The predicted octanol–water partition coefficient (Wildman–Crippen LogP) is 2.55. The Balaban J connectivity index is 2.03. The van der Waals surface area contributed by atoms with Crippen LogP contribution >= 0.6 is 0 Å². The van der Waals surface area contributed by atoms with Gasteiger partial charge in [-0.3, -0.25) is 14.7 Å². The number of likely N-dealkylation sites (tertiary alicyclic amines) is 1. The molecule has 2 heterocycles. The Morgan fingerprint density at radius 1 is 1.33 bits per heavy atom. The van der Waals surface area contributed by atoms with Crippen LogP contribution in [0.2, 0.25) is 0 Å². The number of rotatable bonds is 3. The molecule has 3 rings (SSSR count). The van der Waals surface area contributed by atoms with Crippen LogP contribution in [0.5, 0.6) is 0 Å². The average Bonchev–Trinajstić information content (AvgIpc) is 2.52. The minimum Gasteiger partial charge on any atom is -0.373 e. The third-order valence-corrected chi connectivity index (χ3v) is 5.95. The number of pyridine rings is 1. The molecule has 1 amide bonds. The molecular formula is C19H29N3O2. The highest BCUT2D eigenvalue weighted by Gasteiger charge is 2.54. The first-order valence-corrected chi connectivity index (χ1v) is 8.85. The molecule has 24 heavy (non-hydrogen) atoms. The van der Waals surface area contributed by atoms with Crippen molar-refractivity contribution in [3.8, 4) is 0 Å². The van der Waals surface area contributed by atoms with Crippen LogP contribution in [0.4, 0.5) is 0 Å². The summed E-state index contributed by atoms with van der Waals surface area (Å²) in [6, 6.07) is 3.83. The van der Waals surface area contributed by atoms with Gasteiger partial charge in [-0.25, -0.2) is 0 Å². The molecule has 2 bridgehead atoms. The molecule has 132 valence electrons. The monoisotopic (exact) mass is 331 g/mol. The number of nitrogens with two attached hydrogens (primary N) is 1. The Hall–Kier alpha value is -1.46. The molecule has 1 saturated heterocycles. The molecule has 2 fully saturated rings. The standard InChI is InChI=1S/C19H29N3O2/c1-18(2,3)22-11-14-6-5-7-15(12-22)19(14,24-4)13-8-9-21-16(10-13)17(20)23/h8-10,14-15H,5-7,11-12H2,1-4H3,(H2,20,23). The zero-order chi connectivity index (χ0) is 17.5. The molecule has 5 nitrogen and oxygen atoms in total. The zero-order valence-electron chi connectivity index (χ0n) is 15.2. The first-order valence-electron chi connectivity index (χ1n) is 8.85. The van der Waals surface area contributed by atoms with Crippen LogP contribution in [-0.4, -0.2) is 41.5 Å². The Kier molecular flexibility index (Phi) is 4.43. The van der Waals surface area contributed by atoms with Crippen LogP contribution in [0.1, 0.15) is 56.1 Å². The number of piperidine rings is 1. The molecule has 1 aromatic heterocycles. The van der Waals surface area contributed by atoms with Crippen LogP contribution in [0, 0.1) is 11.8 Å². The highest BCUT2D eigenvalue weighted by Crippen LogP contribution is 2.52. The smallest absolute Gasteiger partial charge is 0.267 e. The van der Waals surface area contributed by atoms with Crippen molar-refractivity contribution in [2.75, 3.05) is 20.2 Å². The van der Waals surface area contributed by atoms with Gasteiger partial charge in [0, 0.05) is 43.8 Å². The van der Waals surface area contributed by atoms with Crippen molar-refractivity contribution in [1.29, 1.82) is 0 Å². The number of methoxy groups -OCH3 is 1. The van der Waals surface area contributed by atoms with E-state index < -0.39 is 5.91 Å². The van der Waals surface area contributed by atoms with Gasteiger partial charge in [-0.05, 0) is 51.3 Å². The molecule has 0 aromatic carbocycles. The van der Waals surface area contributed by atoms with E-state index in [0.717, 1.165) is 31.5 Å². The fourth-order valence-corrected chi connectivity index (χ4v) is 4.71. The lowest BCUT2D eigenvalue weighted by atomic mass is 9.62. The quantitative estimate of drug-likeness (QED) is 0.924. The summed E-state index contributed by atoms with van der Waals surface area (Å²) in [4.78, 5) is 18.3. The lowest BCUT2D eigenvalue weighted by Crippen LogP contribution is -2.62. The SMILES string of the molecule is COC1(c2ccnc(C(N)=O)c2)C2CCCC1CN(C(C)(C)C)C2. The van der Waals surface area contributed by atoms with Crippen LogP contribution in [0.25, 0.3) is 0 Å². The second kappa shape index (κ2) is 6.12. The highest BCUT2D eigenvalue weighted by atomic mass is 16.5. The van der Waals surface area contributed by atoms with E-state index in [1.54, 1.807) is 6.20 Å². The van der Waals surface area contributed by atoms with Gasteiger partial charge < -0.3 is 10.5 Å². The normalized spacial score (nSPS) is 31.0. The fraction of sp³-hybridized carbons (Fsp3) is 0.684. The number of hydrogen-bond acceptors (Lipinski definition) is 4. The van der Waals surface area contributed by atoms with Crippen molar-refractivity contribution in [3.05, 3.63) is 29.6 Å². The number of fused-ring (bicyclic) bond motifs is 2. The molecule has 0 radical (unpaired) electrons. The third-order valence-electron chi connectivity index (χ3n) is 5.95. The number of aromatic nitrogens is 1. The number of ether oxygens (including phenoxy) is 1. The van der Waals surface area contributed by atoms with Gasteiger partial charge in [0.25, 0.3) is 5.91 Å². The Morgan fingerprint density at radius 2 is 1.96 bits per heavy atom. The van der Waals surface area contributed by atoms with Crippen molar-refractivity contribution in [2.24, 2.45) is 17.6 Å². The van der Waals surface area contributed by atoms with Gasteiger partial charge in [0.15, 0.2) is 0 Å². The number of amides is 1. The van der Waals surface area contributed by atoms with Crippen LogP contribution in [0.3, 0.4) is 0 Å². The maximum atomic E-state index is 11.6. The average molecular weight is 331 g/mol. The maximum absolute atomic E-state index is 11.6. The van der Waals surface area contributed by atoms with E-state index in [-0.39, 0.29) is 11.1 Å². The van der Waals surface area contributed by atoms with Gasteiger partial charge in [0.1, 0.15) is 11.3 Å². The number of primary amides is 1. The van der Waals surface area contributed by atoms with Crippen molar-refractivity contribution in [2.45, 2.75) is 51.2 Å². The van der Waals surface area contributed by atoms with Gasteiger partial charge in [0.2, 0.25) is 0 Å². The molecule has 1 aliphatic heterocycles. The van der Waals surface area contributed by atoms with Gasteiger partial charge >= 0.3 is 0 Å². The first kappa shape index (κ1) is 17.4. The van der Waals surface area contributed by atoms with E-state index in [0.29, 0.717) is 17.5 Å². The highest BCUT2D eigenvalue weighted by molar-refractivity contribution is 5.90. The Bertz CT molecular complexity index is 609. The summed E-state index contributed by atoms with van der Waals surface area (Å²) >= 11 is 0. The fourth-order valence-electron chi connectivity index (χ4n) is 4.71. The zero-order valence-corrected chi connectivity index (χ0v) is 15.2. The van der Waals surface area contributed by atoms with Crippen molar-refractivity contribution < 1.29 is 9.53 Å². The molecule has 2 atom stereocenters. The van der Waals surface area contributed by atoms with Crippen molar-refractivity contribution >= 4 is 5.91 Å². The lowest BCUT2D eigenvalue weighted by molar-refractivity contribution is -0.179. The summed E-state index contributed by atoms with van der Waals surface area (Å²) in [5, 5.41) is 0. The number of carbonyl (C=O) groups excluding carboxylic acids is 1. The molecule has 0 spiro atoms. The maximum Gasteiger partial charge on any atom is 0.267 e. The number of carbonyl (C=O) groups is 1. The largest absolute Gasteiger partial charge is 0.373 e. The lowest BCUT2D eigenvalue weighted by Gasteiger charge is -2.57. The summed E-state index contributed by atoms with van der Waals surface area (Å²) < 4.78 is 6.22. The molecule has 2 N–H and O–H groups in total. The van der Waals surface area contributed by atoms with Crippen molar-refractivity contribution in [1.82, 2.24) is 9.88 Å². The second-order valence-corrected chi connectivity index (χ2v) is 8.19. The Labute approximate surface area is 144 Å². The van der Waals surface area contributed by atoms with Crippen LogP contribution in [-0.2, 0) is 10.3 Å². The summed E-state index contributed by atoms with van der Waals surface area (Å²) in [7, 11) is 1.81. The van der Waals surface area contributed by atoms with E-state index in [1.807, 2.05) is 19.2 Å². The topological polar surface area (TPSA) is 68.5 Å². The predicted molar refractivity (Wildman–Crippen MR) is 93.6 cm³/mol. The molecule has 1 aromatic rings. The number of hydrogen-bond donors (Lipinski definition) is 1. The second-order valence-electron chi connectivity index (χ2n) is 8.19.